The minimum Gasteiger partial charge on any atom is -0.485 e. The average Bonchev–Trinajstić information content (AvgIpc) is 2.94. The molecule has 0 unspecified atom stereocenters. The van der Waals surface area contributed by atoms with Gasteiger partial charge in [-0.25, -0.2) is 5.84 Å². The number of benzene rings is 1. The number of hydrogen-bond acceptors (Lipinski definition) is 6. The van der Waals surface area contributed by atoms with Crippen LogP contribution in [0.5, 0.6) is 5.75 Å². The van der Waals surface area contributed by atoms with Crippen molar-refractivity contribution in [2.45, 2.75) is 32.2 Å². The van der Waals surface area contributed by atoms with Crippen LogP contribution < -0.4 is 16.0 Å². The predicted octanol–water partition coefficient (Wildman–Crippen LogP) is 1.74. The number of amides is 1. The molecule has 0 atom stereocenters. The van der Waals surface area contributed by atoms with Crippen LogP contribution in [-0.2, 0) is 17.9 Å². The van der Waals surface area contributed by atoms with Crippen LogP contribution in [0.25, 0.3) is 0 Å². The summed E-state index contributed by atoms with van der Waals surface area (Å²) in [6.45, 7) is 8.58. The molecule has 1 amide bonds. The molecule has 0 spiro atoms. The van der Waals surface area contributed by atoms with E-state index in [-0.39, 0.29) is 18.3 Å². The quantitative estimate of drug-likeness (QED) is 0.248. The summed E-state index contributed by atoms with van der Waals surface area (Å²) >= 11 is 1.26. The van der Waals surface area contributed by atoms with Gasteiger partial charge in [0.05, 0.1) is 5.75 Å². The molecule has 1 heterocycles. The molecule has 128 valence electrons. The summed E-state index contributed by atoms with van der Waals surface area (Å²) in [6.07, 6.45) is 1.75. The van der Waals surface area contributed by atoms with E-state index < -0.39 is 0 Å². The zero-order valence-electron chi connectivity index (χ0n) is 13.8. The summed E-state index contributed by atoms with van der Waals surface area (Å²) in [4.78, 5) is 11.3. The molecule has 0 bridgehead atoms. The Balaban J connectivity index is 2.13. The van der Waals surface area contributed by atoms with Crippen LogP contribution in [0.1, 0.15) is 17.0 Å². The normalized spacial score (nSPS) is 10.5. The van der Waals surface area contributed by atoms with Gasteiger partial charge in [-0.15, -0.1) is 16.8 Å². The third kappa shape index (κ3) is 4.36. The van der Waals surface area contributed by atoms with Crippen LogP contribution in [0.15, 0.2) is 36.0 Å². The van der Waals surface area contributed by atoms with E-state index in [4.69, 9.17) is 10.6 Å². The minimum atomic E-state index is -0.276. The summed E-state index contributed by atoms with van der Waals surface area (Å²) in [5, 5.41) is 8.92. The topological polar surface area (TPSA) is 95.1 Å². The first kappa shape index (κ1) is 18.0. The lowest BCUT2D eigenvalue weighted by molar-refractivity contribution is -0.118. The lowest BCUT2D eigenvalue weighted by atomic mass is 10.1. The van der Waals surface area contributed by atoms with Gasteiger partial charge in [-0.05, 0) is 25.0 Å². The van der Waals surface area contributed by atoms with E-state index in [0.29, 0.717) is 17.5 Å². The zero-order valence-corrected chi connectivity index (χ0v) is 14.6. The number of rotatable bonds is 8. The lowest BCUT2D eigenvalue weighted by Crippen LogP contribution is -2.31. The van der Waals surface area contributed by atoms with E-state index in [0.717, 1.165) is 16.9 Å². The highest BCUT2D eigenvalue weighted by molar-refractivity contribution is 7.99. The van der Waals surface area contributed by atoms with Crippen molar-refractivity contribution in [3.8, 4) is 5.75 Å². The third-order valence-corrected chi connectivity index (χ3v) is 4.32. The number of carbonyl (C=O) groups is 1. The first-order valence-electron chi connectivity index (χ1n) is 7.41. The SMILES string of the molecule is C=CCn1c(COc2c(C)cccc2C)nnc1SCC(=O)NN. The van der Waals surface area contributed by atoms with Gasteiger partial charge < -0.3 is 4.74 Å². The number of carbonyl (C=O) groups excluding carboxylic acids is 1. The number of aromatic nitrogens is 3. The van der Waals surface area contributed by atoms with E-state index in [1.54, 1.807) is 6.08 Å². The van der Waals surface area contributed by atoms with Crippen LogP contribution in [-0.4, -0.2) is 26.4 Å². The van der Waals surface area contributed by atoms with Crippen LogP contribution >= 0.6 is 11.8 Å². The van der Waals surface area contributed by atoms with Crippen LogP contribution in [0.2, 0.25) is 0 Å². The Morgan fingerprint density at radius 2 is 2.12 bits per heavy atom. The molecule has 24 heavy (non-hydrogen) atoms. The van der Waals surface area contributed by atoms with E-state index in [9.17, 15) is 4.79 Å². The van der Waals surface area contributed by atoms with Gasteiger partial charge in [-0.1, -0.05) is 36.0 Å². The minimum absolute atomic E-state index is 0.170. The molecule has 0 saturated heterocycles. The summed E-state index contributed by atoms with van der Waals surface area (Å²) in [5.41, 5.74) is 4.23. The number of thioether (sulfide) groups is 1. The van der Waals surface area contributed by atoms with Gasteiger partial charge in [-0.3, -0.25) is 14.8 Å². The smallest absolute Gasteiger partial charge is 0.244 e. The first-order chi connectivity index (χ1) is 11.6. The molecule has 0 radical (unpaired) electrons. The van der Waals surface area contributed by atoms with Crippen LogP contribution in [0, 0.1) is 13.8 Å². The zero-order chi connectivity index (χ0) is 17.5. The highest BCUT2D eigenvalue weighted by atomic mass is 32.2. The number of nitrogens with one attached hydrogen (secondary N) is 1. The number of allylic oxidation sites excluding steroid dienone is 1. The Bertz CT molecular complexity index is 709. The maximum atomic E-state index is 11.3. The molecule has 0 saturated carbocycles. The molecule has 2 rings (SSSR count). The average molecular weight is 347 g/mol. The van der Waals surface area contributed by atoms with Gasteiger partial charge in [0.25, 0.3) is 0 Å². The van der Waals surface area contributed by atoms with Crippen molar-refractivity contribution in [2.75, 3.05) is 5.75 Å². The molecule has 3 N–H and O–H groups in total. The van der Waals surface area contributed by atoms with Crippen molar-refractivity contribution in [2.24, 2.45) is 5.84 Å². The number of hydrogen-bond donors (Lipinski definition) is 2. The van der Waals surface area contributed by atoms with Crippen LogP contribution in [0.3, 0.4) is 0 Å². The van der Waals surface area contributed by atoms with Crippen molar-refractivity contribution in [1.82, 2.24) is 20.2 Å². The Hall–Kier alpha value is -2.32. The Labute approximate surface area is 145 Å². The van der Waals surface area contributed by atoms with E-state index >= 15 is 0 Å². The monoisotopic (exact) mass is 347 g/mol. The molecule has 1 aromatic carbocycles. The fourth-order valence-corrected chi connectivity index (χ4v) is 2.96. The lowest BCUT2D eigenvalue weighted by Gasteiger charge is -2.12. The number of nitrogens with two attached hydrogens (primary N) is 1. The van der Waals surface area contributed by atoms with Crippen molar-refractivity contribution < 1.29 is 9.53 Å². The summed E-state index contributed by atoms with van der Waals surface area (Å²) in [5.74, 6) is 6.50. The highest BCUT2D eigenvalue weighted by Gasteiger charge is 2.14. The number of hydrazine groups is 1. The molecule has 8 heteroatoms. The summed E-state index contributed by atoms with van der Waals surface area (Å²) in [7, 11) is 0. The number of para-hydroxylation sites is 1. The van der Waals surface area contributed by atoms with E-state index in [1.165, 1.54) is 11.8 Å². The van der Waals surface area contributed by atoms with Gasteiger partial charge in [0, 0.05) is 6.54 Å². The highest BCUT2D eigenvalue weighted by Crippen LogP contribution is 2.24. The fourth-order valence-electron chi connectivity index (χ4n) is 2.18. The van der Waals surface area contributed by atoms with Gasteiger partial charge in [0.2, 0.25) is 5.91 Å². The molecule has 0 aliphatic rings. The largest absolute Gasteiger partial charge is 0.485 e. The summed E-state index contributed by atoms with van der Waals surface area (Å²) < 4.78 is 7.80. The number of nitrogens with zero attached hydrogens (tertiary/aromatic N) is 3. The van der Waals surface area contributed by atoms with Crippen molar-refractivity contribution in [3.05, 3.63) is 47.8 Å². The molecule has 2 aromatic rings. The van der Waals surface area contributed by atoms with Crippen LogP contribution in [0.4, 0.5) is 0 Å². The number of aryl methyl sites for hydroxylation is 2. The molecule has 0 aliphatic heterocycles. The molecule has 7 nitrogen and oxygen atoms in total. The Morgan fingerprint density at radius 3 is 2.75 bits per heavy atom. The van der Waals surface area contributed by atoms with Crippen molar-refractivity contribution in [1.29, 1.82) is 0 Å². The molecule has 0 fully saturated rings. The Morgan fingerprint density at radius 1 is 1.42 bits per heavy atom. The van der Waals surface area contributed by atoms with E-state index in [2.05, 4.69) is 22.2 Å². The fraction of sp³-hybridized carbons (Fsp3) is 0.312. The second-order valence-corrected chi connectivity index (χ2v) is 6.11. The molecular weight excluding hydrogens is 326 g/mol. The summed E-state index contributed by atoms with van der Waals surface area (Å²) in [6, 6.07) is 6.00. The maximum absolute atomic E-state index is 11.3. The first-order valence-corrected chi connectivity index (χ1v) is 8.39. The van der Waals surface area contributed by atoms with E-state index in [1.807, 2.05) is 36.6 Å². The predicted molar refractivity (Wildman–Crippen MR) is 93.5 cm³/mol. The van der Waals surface area contributed by atoms with Crippen molar-refractivity contribution >= 4 is 17.7 Å². The van der Waals surface area contributed by atoms with Gasteiger partial charge in [0.15, 0.2) is 11.0 Å². The second-order valence-electron chi connectivity index (χ2n) is 5.16. The van der Waals surface area contributed by atoms with Gasteiger partial charge in [-0.2, -0.15) is 0 Å². The van der Waals surface area contributed by atoms with Crippen molar-refractivity contribution in [3.63, 3.8) is 0 Å². The standard InChI is InChI=1S/C16H21N5O2S/c1-4-8-21-13(19-20-16(21)24-10-14(22)18-17)9-23-15-11(2)6-5-7-12(15)3/h4-7H,1,8-10,17H2,2-3H3,(H,18,22). The third-order valence-electron chi connectivity index (χ3n) is 3.35. The van der Waals surface area contributed by atoms with Gasteiger partial charge >= 0.3 is 0 Å². The molecule has 0 aliphatic carbocycles. The molecular formula is C16H21N5O2S. The molecule has 1 aromatic heterocycles. The number of ether oxygens (including phenoxy) is 1. The second kappa shape index (κ2) is 8.51. The maximum Gasteiger partial charge on any atom is 0.244 e. The Kier molecular flexibility index (Phi) is 6.39. The van der Waals surface area contributed by atoms with Gasteiger partial charge in [0.1, 0.15) is 12.4 Å².